The number of rotatable bonds is 4. The topological polar surface area (TPSA) is 69.2 Å². The highest BCUT2D eigenvalue weighted by molar-refractivity contribution is 5.75. The van der Waals surface area contributed by atoms with E-state index in [4.69, 9.17) is 5.11 Å². The van der Waals surface area contributed by atoms with Gasteiger partial charge < -0.3 is 10.1 Å². The largest absolute Gasteiger partial charge is 0.481 e. The lowest BCUT2D eigenvalue weighted by Gasteiger charge is -2.21. The summed E-state index contributed by atoms with van der Waals surface area (Å²) < 4.78 is 0. The molecule has 5 heteroatoms. The number of nitrogens with zero attached hydrogens (tertiary/aromatic N) is 2. The summed E-state index contributed by atoms with van der Waals surface area (Å²) in [6.45, 7) is 3.61. The predicted octanol–water partition coefficient (Wildman–Crippen LogP) is 2.48. The van der Waals surface area contributed by atoms with Crippen LogP contribution in [-0.2, 0) is 4.79 Å². The van der Waals surface area contributed by atoms with Crippen LogP contribution < -0.4 is 0 Å². The molecule has 0 aliphatic carbocycles. The number of aromatic amines is 1. The van der Waals surface area contributed by atoms with E-state index >= 15 is 0 Å². The van der Waals surface area contributed by atoms with Crippen molar-refractivity contribution in [1.29, 1.82) is 0 Å². The first kappa shape index (κ1) is 13.1. The first-order chi connectivity index (χ1) is 9.63. The second kappa shape index (κ2) is 5.25. The van der Waals surface area contributed by atoms with E-state index in [1.54, 1.807) is 0 Å². The quantitative estimate of drug-likeness (QED) is 0.898. The standard InChI is InChI=1S/C15H19N3O2/c1-10-4-5-11-12(9-10)17-15(16-11)13-3-2-7-18(13)8-6-14(19)20/h4-5,9,13H,2-3,6-8H2,1H3,(H,16,17)(H,19,20)/t13-/m1/s1. The van der Waals surface area contributed by atoms with Gasteiger partial charge >= 0.3 is 5.97 Å². The first-order valence-corrected chi connectivity index (χ1v) is 7.05. The molecule has 0 spiro atoms. The minimum Gasteiger partial charge on any atom is -0.481 e. The van der Waals surface area contributed by atoms with Crippen molar-refractivity contribution in [2.75, 3.05) is 13.1 Å². The summed E-state index contributed by atoms with van der Waals surface area (Å²) in [5.41, 5.74) is 3.25. The van der Waals surface area contributed by atoms with Gasteiger partial charge in [0.05, 0.1) is 23.5 Å². The van der Waals surface area contributed by atoms with Crippen LogP contribution in [0.1, 0.15) is 36.7 Å². The monoisotopic (exact) mass is 273 g/mol. The van der Waals surface area contributed by atoms with Crippen LogP contribution in [0.4, 0.5) is 0 Å². The fourth-order valence-electron chi connectivity index (χ4n) is 2.94. The van der Waals surface area contributed by atoms with Gasteiger partial charge in [-0.25, -0.2) is 4.98 Å². The molecule has 0 amide bonds. The van der Waals surface area contributed by atoms with Crippen LogP contribution in [0.3, 0.4) is 0 Å². The Labute approximate surface area is 117 Å². The van der Waals surface area contributed by atoms with Gasteiger partial charge in [0.1, 0.15) is 5.82 Å². The molecule has 20 heavy (non-hydrogen) atoms. The average Bonchev–Trinajstić information content (AvgIpc) is 3.01. The van der Waals surface area contributed by atoms with Crippen molar-refractivity contribution in [3.8, 4) is 0 Å². The highest BCUT2D eigenvalue weighted by Gasteiger charge is 2.28. The van der Waals surface area contributed by atoms with Crippen molar-refractivity contribution in [3.63, 3.8) is 0 Å². The zero-order valence-corrected chi connectivity index (χ0v) is 11.6. The summed E-state index contributed by atoms with van der Waals surface area (Å²) in [6.07, 6.45) is 2.33. The molecule has 2 aromatic rings. The molecule has 1 aliphatic rings. The number of hydrogen-bond acceptors (Lipinski definition) is 3. The van der Waals surface area contributed by atoms with Gasteiger partial charge in [0.2, 0.25) is 0 Å². The lowest BCUT2D eigenvalue weighted by molar-refractivity contribution is -0.137. The third-order valence-electron chi connectivity index (χ3n) is 3.95. The van der Waals surface area contributed by atoms with Crippen molar-refractivity contribution >= 4 is 17.0 Å². The van der Waals surface area contributed by atoms with Crippen LogP contribution >= 0.6 is 0 Å². The van der Waals surface area contributed by atoms with Crippen molar-refractivity contribution in [2.24, 2.45) is 0 Å². The Balaban J connectivity index is 1.83. The van der Waals surface area contributed by atoms with E-state index < -0.39 is 5.97 Å². The number of hydrogen-bond donors (Lipinski definition) is 2. The maximum absolute atomic E-state index is 10.7. The highest BCUT2D eigenvalue weighted by atomic mass is 16.4. The number of H-pyrrole nitrogens is 1. The van der Waals surface area contributed by atoms with Gasteiger partial charge in [0.15, 0.2) is 0 Å². The summed E-state index contributed by atoms with van der Waals surface area (Å²) in [5.74, 6) is 0.226. The third-order valence-corrected chi connectivity index (χ3v) is 3.95. The second-order valence-electron chi connectivity index (χ2n) is 5.48. The molecule has 2 N–H and O–H groups in total. The van der Waals surface area contributed by atoms with Gasteiger partial charge in [-0.05, 0) is 44.0 Å². The number of nitrogens with one attached hydrogen (secondary N) is 1. The molecule has 5 nitrogen and oxygen atoms in total. The fraction of sp³-hybridized carbons (Fsp3) is 0.467. The van der Waals surface area contributed by atoms with Gasteiger partial charge in [-0.2, -0.15) is 0 Å². The van der Waals surface area contributed by atoms with Crippen LogP contribution in [0.15, 0.2) is 18.2 Å². The van der Waals surface area contributed by atoms with Crippen molar-refractivity contribution in [3.05, 3.63) is 29.6 Å². The molecular formula is C15H19N3O2. The van der Waals surface area contributed by atoms with E-state index in [-0.39, 0.29) is 12.5 Å². The Kier molecular flexibility index (Phi) is 3.44. The Bertz CT molecular complexity index is 635. The molecule has 1 fully saturated rings. The molecule has 0 saturated carbocycles. The molecule has 1 atom stereocenters. The molecule has 3 rings (SSSR count). The van der Waals surface area contributed by atoms with Gasteiger partial charge in [0, 0.05) is 6.54 Å². The van der Waals surface area contributed by atoms with Crippen molar-refractivity contribution in [2.45, 2.75) is 32.2 Å². The average molecular weight is 273 g/mol. The predicted molar refractivity (Wildman–Crippen MR) is 76.6 cm³/mol. The third kappa shape index (κ3) is 2.54. The van der Waals surface area contributed by atoms with Crippen molar-refractivity contribution in [1.82, 2.24) is 14.9 Å². The number of aromatic nitrogens is 2. The summed E-state index contributed by atoms with van der Waals surface area (Å²) in [4.78, 5) is 21.0. The number of aryl methyl sites for hydroxylation is 1. The SMILES string of the molecule is Cc1ccc2nc([C@H]3CCCN3CCC(=O)O)[nH]c2c1. The lowest BCUT2D eigenvalue weighted by atomic mass is 10.2. The summed E-state index contributed by atoms with van der Waals surface area (Å²) in [5, 5.41) is 8.83. The maximum Gasteiger partial charge on any atom is 0.304 e. The highest BCUT2D eigenvalue weighted by Crippen LogP contribution is 2.31. The first-order valence-electron chi connectivity index (χ1n) is 7.05. The van der Waals surface area contributed by atoms with E-state index in [1.807, 2.05) is 6.07 Å². The number of carboxylic acid groups (broad SMARTS) is 1. The van der Waals surface area contributed by atoms with E-state index in [2.05, 4.69) is 33.9 Å². The molecule has 1 aromatic carbocycles. The molecule has 0 unspecified atom stereocenters. The summed E-state index contributed by atoms with van der Waals surface area (Å²) in [6, 6.07) is 6.41. The summed E-state index contributed by atoms with van der Waals surface area (Å²) >= 11 is 0. The molecule has 106 valence electrons. The zero-order chi connectivity index (χ0) is 14.1. The minimum absolute atomic E-state index is 0.190. The van der Waals surface area contributed by atoms with Crippen LogP contribution in [0.5, 0.6) is 0 Å². The minimum atomic E-state index is -0.740. The Morgan fingerprint density at radius 1 is 1.55 bits per heavy atom. The van der Waals surface area contributed by atoms with E-state index in [1.165, 1.54) is 5.56 Å². The van der Waals surface area contributed by atoms with Crippen LogP contribution in [0.2, 0.25) is 0 Å². The number of carboxylic acids is 1. The normalized spacial score (nSPS) is 19.8. The Morgan fingerprint density at radius 2 is 2.40 bits per heavy atom. The Hall–Kier alpha value is -1.88. The maximum atomic E-state index is 10.7. The number of aliphatic carboxylic acids is 1. The summed E-state index contributed by atoms with van der Waals surface area (Å²) in [7, 11) is 0. The van der Waals surface area contributed by atoms with Gasteiger partial charge in [-0.15, -0.1) is 0 Å². The fourth-order valence-corrected chi connectivity index (χ4v) is 2.94. The lowest BCUT2D eigenvalue weighted by Crippen LogP contribution is -2.26. The molecule has 0 radical (unpaired) electrons. The van der Waals surface area contributed by atoms with E-state index in [0.29, 0.717) is 6.54 Å². The molecule has 1 saturated heterocycles. The zero-order valence-electron chi connectivity index (χ0n) is 11.6. The number of benzene rings is 1. The van der Waals surface area contributed by atoms with Crippen molar-refractivity contribution < 1.29 is 9.90 Å². The number of fused-ring (bicyclic) bond motifs is 1. The van der Waals surface area contributed by atoms with Crippen LogP contribution in [-0.4, -0.2) is 39.0 Å². The smallest absolute Gasteiger partial charge is 0.304 e. The molecule has 0 bridgehead atoms. The number of carbonyl (C=O) groups is 1. The molecule has 1 aromatic heterocycles. The molecule has 2 heterocycles. The van der Waals surface area contributed by atoms with Gasteiger partial charge in [-0.3, -0.25) is 9.69 Å². The molecular weight excluding hydrogens is 254 g/mol. The second-order valence-corrected chi connectivity index (χ2v) is 5.48. The van der Waals surface area contributed by atoms with Crippen LogP contribution in [0.25, 0.3) is 11.0 Å². The number of imidazole rings is 1. The van der Waals surface area contributed by atoms with Crippen LogP contribution in [0, 0.1) is 6.92 Å². The van der Waals surface area contributed by atoms with E-state index in [0.717, 1.165) is 36.2 Å². The Morgan fingerprint density at radius 3 is 3.20 bits per heavy atom. The van der Waals surface area contributed by atoms with Gasteiger partial charge in [-0.1, -0.05) is 6.07 Å². The number of likely N-dealkylation sites (tertiary alicyclic amines) is 1. The molecule has 1 aliphatic heterocycles. The van der Waals surface area contributed by atoms with Gasteiger partial charge in [0.25, 0.3) is 0 Å². The van der Waals surface area contributed by atoms with E-state index in [9.17, 15) is 4.79 Å².